The van der Waals surface area contributed by atoms with E-state index in [9.17, 15) is 18.0 Å². The molecule has 1 aliphatic rings. The van der Waals surface area contributed by atoms with Gasteiger partial charge in [-0.1, -0.05) is 30.3 Å². The van der Waals surface area contributed by atoms with Crippen LogP contribution in [0.15, 0.2) is 48.5 Å². The van der Waals surface area contributed by atoms with Gasteiger partial charge in [0.15, 0.2) is 5.01 Å². The molecule has 1 atom stereocenters. The first-order valence-electron chi connectivity index (χ1n) is 8.35. The number of hydrogen-bond acceptors (Lipinski definition) is 4. The number of amides is 1. The highest BCUT2D eigenvalue weighted by Gasteiger charge is 2.35. The lowest BCUT2D eigenvalue weighted by Gasteiger charge is -2.33. The number of rotatable bonds is 2. The van der Waals surface area contributed by atoms with Crippen molar-refractivity contribution in [3.05, 3.63) is 64.7 Å². The summed E-state index contributed by atoms with van der Waals surface area (Å²) in [7, 11) is 0. The number of benzene rings is 2. The van der Waals surface area contributed by atoms with E-state index < -0.39 is 11.2 Å². The van der Waals surface area contributed by atoms with Gasteiger partial charge in [-0.3, -0.25) is 4.79 Å². The van der Waals surface area contributed by atoms with Gasteiger partial charge in [0.2, 0.25) is 0 Å². The van der Waals surface area contributed by atoms with Gasteiger partial charge >= 0.3 is 6.18 Å². The van der Waals surface area contributed by atoms with Crippen LogP contribution in [-0.4, -0.2) is 35.5 Å². The Bertz CT molecular complexity index is 972. The highest BCUT2D eigenvalue weighted by atomic mass is 32.1. The maximum atomic E-state index is 12.9. The third kappa shape index (κ3) is 3.68. The number of nitrogens with zero attached hydrogens (tertiary/aromatic N) is 2. The summed E-state index contributed by atoms with van der Waals surface area (Å²) in [6.07, 6.45) is -4.70. The zero-order chi connectivity index (χ0) is 19.0. The Balaban J connectivity index is 1.56. The number of alkyl halides is 3. The molecule has 3 aromatic rings. The van der Waals surface area contributed by atoms with Gasteiger partial charge < -0.3 is 9.64 Å². The SMILES string of the molecule is O=C(c1ccc2nc(C(F)(F)F)sc2c1)N1CCO[C@H](c2ccccc2)C1. The van der Waals surface area contributed by atoms with Gasteiger partial charge in [-0.25, -0.2) is 4.98 Å². The number of fused-ring (bicyclic) bond motifs is 1. The monoisotopic (exact) mass is 392 g/mol. The van der Waals surface area contributed by atoms with Crippen LogP contribution in [0.25, 0.3) is 10.2 Å². The molecule has 140 valence electrons. The standard InChI is InChI=1S/C19H15F3N2O2S/c20-19(21,22)18-23-14-7-6-13(10-16(14)27-18)17(25)24-8-9-26-15(11-24)12-4-2-1-3-5-12/h1-7,10,15H,8-9,11H2/t15-/m0/s1. The lowest BCUT2D eigenvalue weighted by atomic mass is 10.1. The van der Waals surface area contributed by atoms with Gasteiger partial charge in [0.1, 0.15) is 6.10 Å². The molecule has 4 nitrogen and oxygen atoms in total. The van der Waals surface area contributed by atoms with Crippen molar-refractivity contribution < 1.29 is 22.7 Å². The molecular weight excluding hydrogens is 377 g/mol. The molecule has 1 aromatic heterocycles. The fourth-order valence-corrected chi connectivity index (χ4v) is 3.94. The summed E-state index contributed by atoms with van der Waals surface area (Å²) in [5.41, 5.74) is 1.59. The molecule has 1 amide bonds. The summed E-state index contributed by atoms with van der Waals surface area (Å²) in [6.45, 7) is 1.25. The number of ether oxygens (including phenoxy) is 1. The first-order chi connectivity index (χ1) is 12.9. The Kier molecular flexibility index (Phi) is 4.61. The summed E-state index contributed by atoms with van der Waals surface area (Å²) in [6, 6.07) is 14.1. The molecule has 2 heterocycles. The maximum Gasteiger partial charge on any atom is 0.443 e. The van der Waals surface area contributed by atoms with Crippen LogP contribution < -0.4 is 0 Å². The summed E-state index contributed by atoms with van der Waals surface area (Å²) in [4.78, 5) is 18.1. The highest BCUT2D eigenvalue weighted by molar-refractivity contribution is 7.18. The minimum atomic E-state index is -4.49. The molecule has 0 radical (unpaired) electrons. The maximum absolute atomic E-state index is 12.9. The molecule has 0 unspecified atom stereocenters. The summed E-state index contributed by atoms with van der Waals surface area (Å²) in [5.74, 6) is -0.219. The smallest absolute Gasteiger partial charge is 0.370 e. The minimum Gasteiger partial charge on any atom is -0.370 e. The van der Waals surface area contributed by atoms with Gasteiger partial charge in [0, 0.05) is 12.1 Å². The third-order valence-corrected chi connectivity index (χ3v) is 5.47. The fraction of sp³-hybridized carbons (Fsp3) is 0.263. The summed E-state index contributed by atoms with van der Waals surface area (Å²) >= 11 is 0.548. The van der Waals surface area contributed by atoms with Crippen LogP contribution in [0.1, 0.15) is 27.0 Å². The number of morpholine rings is 1. The van der Waals surface area contributed by atoms with Gasteiger partial charge in [-0.2, -0.15) is 13.2 Å². The van der Waals surface area contributed by atoms with Crippen molar-refractivity contribution in [1.29, 1.82) is 0 Å². The van der Waals surface area contributed by atoms with Crippen LogP contribution in [-0.2, 0) is 10.9 Å². The molecule has 4 rings (SSSR count). The van der Waals surface area contributed by atoms with E-state index in [0.29, 0.717) is 41.3 Å². The second-order valence-corrected chi connectivity index (χ2v) is 7.25. The van der Waals surface area contributed by atoms with E-state index in [2.05, 4.69) is 4.98 Å². The lowest BCUT2D eigenvalue weighted by Crippen LogP contribution is -2.42. The average Bonchev–Trinajstić information content (AvgIpc) is 3.12. The molecule has 1 aliphatic heterocycles. The van der Waals surface area contributed by atoms with Crippen molar-refractivity contribution in [2.24, 2.45) is 0 Å². The van der Waals surface area contributed by atoms with E-state index in [1.165, 1.54) is 18.2 Å². The van der Waals surface area contributed by atoms with Crippen LogP contribution >= 0.6 is 11.3 Å². The first-order valence-corrected chi connectivity index (χ1v) is 9.17. The van der Waals surface area contributed by atoms with E-state index in [0.717, 1.165) is 5.56 Å². The third-order valence-electron chi connectivity index (χ3n) is 4.40. The van der Waals surface area contributed by atoms with Gasteiger partial charge in [0.25, 0.3) is 5.91 Å². The average molecular weight is 392 g/mol. The lowest BCUT2D eigenvalue weighted by molar-refractivity contribution is -0.137. The second kappa shape index (κ2) is 6.94. The topological polar surface area (TPSA) is 42.4 Å². The number of thiazole rings is 1. The van der Waals surface area contributed by atoms with E-state index in [1.54, 1.807) is 4.90 Å². The summed E-state index contributed by atoms with van der Waals surface area (Å²) in [5, 5.41) is -0.905. The molecule has 27 heavy (non-hydrogen) atoms. The minimum absolute atomic E-state index is 0.215. The molecule has 0 N–H and O–H groups in total. The molecule has 0 saturated carbocycles. The van der Waals surface area contributed by atoms with E-state index >= 15 is 0 Å². The molecule has 8 heteroatoms. The highest BCUT2D eigenvalue weighted by Crippen LogP contribution is 2.35. The largest absolute Gasteiger partial charge is 0.443 e. The van der Waals surface area contributed by atoms with E-state index in [-0.39, 0.29) is 17.5 Å². The Morgan fingerprint density at radius 2 is 1.96 bits per heavy atom. The van der Waals surface area contributed by atoms with Crippen LogP contribution in [0.4, 0.5) is 13.2 Å². The normalized spacial score (nSPS) is 18.0. The van der Waals surface area contributed by atoms with E-state index in [1.807, 2.05) is 30.3 Å². The predicted octanol–water partition coefficient (Wildman–Crippen LogP) is 4.53. The molecule has 0 bridgehead atoms. The number of carbonyl (C=O) groups excluding carboxylic acids is 1. The Hall–Kier alpha value is -2.45. The molecule has 2 aromatic carbocycles. The fourth-order valence-electron chi connectivity index (χ4n) is 3.06. The van der Waals surface area contributed by atoms with Crippen molar-refractivity contribution in [2.45, 2.75) is 12.3 Å². The molecule has 0 aliphatic carbocycles. The molecule has 1 fully saturated rings. The van der Waals surface area contributed by atoms with Crippen LogP contribution in [0.5, 0.6) is 0 Å². The molecule has 0 spiro atoms. The number of aromatic nitrogens is 1. The zero-order valence-electron chi connectivity index (χ0n) is 14.1. The van der Waals surface area contributed by atoms with Crippen LogP contribution in [0, 0.1) is 0 Å². The van der Waals surface area contributed by atoms with Crippen molar-refractivity contribution in [1.82, 2.24) is 9.88 Å². The van der Waals surface area contributed by atoms with Gasteiger partial charge in [0.05, 0.1) is 23.4 Å². The number of carbonyl (C=O) groups is 1. The molecular formula is C19H15F3N2O2S. The Morgan fingerprint density at radius 3 is 2.70 bits per heavy atom. The zero-order valence-corrected chi connectivity index (χ0v) is 14.9. The van der Waals surface area contributed by atoms with Crippen LogP contribution in [0.3, 0.4) is 0 Å². The quantitative estimate of drug-likeness (QED) is 0.644. The first kappa shape index (κ1) is 17.9. The van der Waals surface area contributed by atoms with Crippen molar-refractivity contribution in [2.75, 3.05) is 19.7 Å². The summed E-state index contributed by atoms with van der Waals surface area (Å²) < 4.78 is 44.6. The van der Waals surface area contributed by atoms with Crippen molar-refractivity contribution in [3.63, 3.8) is 0 Å². The van der Waals surface area contributed by atoms with Crippen molar-refractivity contribution in [3.8, 4) is 0 Å². The second-order valence-electron chi connectivity index (χ2n) is 6.22. The Labute approximate surface area is 157 Å². The predicted molar refractivity (Wildman–Crippen MR) is 95.7 cm³/mol. The number of hydrogen-bond donors (Lipinski definition) is 0. The van der Waals surface area contributed by atoms with Crippen LogP contribution in [0.2, 0.25) is 0 Å². The van der Waals surface area contributed by atoms with Crippen molar-refractivity contribution >= 4 is 27.5 Å². The molecule has 1 saturated heterocycles. The number of halogens is 3. The van der Waals surface area contributed by atoms with Gasteiger partial charge in [-0.05, 0) is 23.8 Å². The van der Waals surface area contributed by atoms with Gasteiger partial charge in [-0.15, -0.1) is 11.3 Å². The van der Waals surface area contributed by atoms with E-state index in [4.69, 9.17) is 4.74 Å². The Morgan fingerprint density at radius 1 is 1.19 bits per heavy atom.